The van der Waals surface area contributed by atoms with E-state index in [4.69, 9.17) is 0 Å². The quantitative estimate of drug-likeness (QED) is 0.571. The topological polar surface area (TPSA) is 0 Å². The summed E-state index contributed by atoms with van der Waals surface area (Å²) in [6.07, 6.45) is 8.96. The van der Waals surface area contributed by atoms with E-state index in [2.05, 4.69) is 45.9 Å². The molecule has 0 aliphatic carbocycles. The van der Waals surface area contributed by atoms with Crippen molar-refractivity contribution in [3.05, 3.63) is 23.1 Å². The lowest BCUT2D eigenvalue weighted by Crippen LogP contribution is -1.91. The highest BCUT2D eigenvalue weighted by Gasteiger charge is 2.00. The van der Waals surface area contributed by atoms with Gasteiger partial charge in [-0.05, 0) is 19.8 Å². The molecule has 0 aromatic heterocycles. The van der Waals surface area contributed by atoms with Crippen molar-refractivity contribution in [2.75, 3.05) is 0 Å². The van der Waals surface area contributed by atoms with E-state index in [1.54, 1.807) is 0 Å². The molecule has 0 saturated heterocycles. The third-order valence-electron chi connectivity index (χ3n) is 1.65. The Morgan fingerprint density at radius 3 is 2.50 bits per heavy atom. The van der Waals surface area contributed by atoms with E-state index in [-0.39, 0.29) is 0 Å². The number of hydrogen-bond acceptors (Lipinski definition) is 1. The van der Waals surface area contributed by atoms with E-state index in [9.17, 15) is 0 Å². The predicted octanol–water partition coefficient (Wildman–Crippen LogP) is 4.39. The molecule has 1 unspecified atom stereocenters. The monoisotopic (exact) mass is 184 g/mol. The molecule has 12 heavy (non-hydrogen) atoms. The summed E-state index contributed by atoms with van der Waals surface area (Å²) in [5.74, 6) is 0. The maximum atomic E-state index is 2.29. The summed E-state index contributed by atoms with van der Waals surface area (Å²) in [4.78, 5) is 1.41. The molecule has 0 N–H and O–H groups in total. The van der Waals surface area contributed by atoms with Crippen LogP contribution in [0.25, 0.3) is 0 Å². The lowest BCUT2D eigenvalue weighted by atomic mass is 10.4. The largest absolute Gasteiger partial charge is 0.123 e. The Hall–Kier alpha value is -0.170. The van der Waals surface area contributed by atoms with Gasteiger partial charge in [0.25, 0.3) is 0 Å². The average molecular weight is 184 g/mol. The van der Waals surface area contributed by atoms with Crippen molar-refractivity contribution >= 4 is 11.8 Å². The average Bonchev–Trinajstić information content (AvgIpc) is 2.05. The van der Waals surface area contributed by atoms with E-state index in [1.165, 1.54) is 11.3 Å². The zero-order valence-corrected chi connectivity index (χ0v) is 9.45. The van der Waals surface area contributed by atoms with Gasteiger partial charge < -0.3 is 0 Å². The molecule has 0 aliphatic rings. The van der Waals surface area contributed by atoms with E-state index in [0.717, 1.165) is 11.7 Å². The van der Waals surface area contributed by atoms with Crippen LogP contribution < -0.4 is 0 Å². The highest BCUT2D eigenvalue weighted by atomic mass is 32.2. The predicted molar refractivity (Wildman–Crippen MR) is 60.5 cm³/mol. The number of allylic oxidation sites excluding steroid dienone is 3. The van der Waals surface area contributed by atoms with E-state index >= 15 is 0 Å². The third-order valence-corrected chi connectivity index (χ3v) is 2.96. The van der Waals surface area contributed by atoms with Crippen LogP contribution in [0, 0.1) is 0 Å². The molecule has 1 atom stereocenters. The fraction of sp³-hybridized carbons (Fsp3) is 0.636. The molecule has 70 valence electrons. The zero-order chi connectivity index (χ0) is 9.40. The molecule has 0 heterocycles. The second kappa shape index (κ2) is 7.48. The minimum absolute atomic E-state index is 0.735. The lowest BCUT2D eigenvalue weighted by Gasteiger charge is -2.08. The Labute approximate surface area is 81.1 Å². The Morgan fingerprint density at radius 1 is 1.42 bits per heavy atom. The van der Waals surface area contributed by atoms with Crippen molar-refractivity contribution in [2.45, 2.75) is 45.8 Å². The van der Waals surface area contributed by atoms with Gasteiger partial charge in [-0.3, -0.25) is 0 Å². The summed E-state index contributed by atoms with van der Waals surface area (Å²) >= 11 is 1.97. The van der Waals surface area contributed by atoms with Gasteiger partial charge in [0.15, 0.2) is 0 Å². The van der Waals surface area contributed by atoms with Gasteiger partial charge in [-0.1, -0.05) is 39.0 Å². The highest BCUT2D eigenvalue weighted by Crippen LogP contribution is 2.24. The molecule has 0 bridgehead atoms. The van der Waals surface area contributed by atoms with Gasteiger partial charge in [-0.25, -0.2) is 0 Å². The summed E-state index contributed by atoms with van der Waals surface area (Å²) < 4.78 is 0. The Balaban J connectivity index is 4.04. The summed E-state index contributed by atoms with van der Waals surface area (Å²) in [5.41, 5.74) is 0. The molecular weight excluding hydrogens is 164 g/mol. The van der Waals surface area contributed by atoms with Crippen molar-refractivity contribution in [3.8, 4) is 0 Å². The van der Waals surface area contributed by atoms with Crippen molar-refractivity contribution in [2.24, 2.45) is 0 Å². The van der Waals surface area contributed by atoms with Crippen LogP contribution in [0.3, 0.4) is 0 Å². The molecule has 0 nitrogen and oxygen atoms in total. The molecule has 0 spiro atoms. The first-order valence-electron chi connectivity index (χ1n) is 4.74. The molecule has 0 aromatic carbocycles. The fourth-order valence-electron chi connectivity index (χ4n) is 0.837. The first-order valence-corrected chi connectivity index (χ1v) is 5.62. The fourth-order valence-corrected chi connectivity index (χ4v) is 1.95. The van der Waals surface area contributed by atoms with Gasteiger partial charge in [0.2, 0.25) is 0 Å². The van der Waals surface area contributed by atoms with E-state index < -0.39 is 0 Å². The third kappa shape index (κ3) is 5.48. The first-order chi connectivity index (χ1) is 5.74. The SMILES string of the molecule is C/C=C\C(=C/CC)SC(C)CC. The lowest BCUT2D eigenvalue weighted by molar-refractivity contribution is 0.909. The van der Waals surface area contributed by atoms with Gasteiger partial charge in [-0.15, -0.1) is 11.8 Å². The number of thioether (sulfide) groups is 1. The van der Waals surface area contributed by atoms with Crippen LogP contribution in [0.1, 0.15) is 40.5 Å². The van der Waals surface area contributed by atoms with Gasteiger partial charge in [0.1, 0.15) is 0 Å². The van der Waals surface area contributed by atoms with Crippen molar-refractivity contribution < 1.29 is 0 Å². The standard InChI is InChI=1S/C11H20S/c1-5-8-11(9-6-2)12-10(4)7-3/h5,8-10H,6-7H2,1-4H3/b8-5-,11-9+. The molecule has 0 rings (SSSR count). The minimum Gasteiger partial charge on any atom is -0.123 e. The van der Waals surface area contributed by atoms with Crippen LogP contribution in [-0.2, 0) is 0 Å². The van der Waals surface area contributed by atoms with Gasteiger partial charge in [0.05, 0.1) is 0 Å². The van der Waals surface area contributed by atoms with Crippen molar-refractivity contribution in [1.82, 2.24) is 0 Å². The van der Waals surface area contributed by atoms with Crippen LogP contribution in [-0.4, -0.2) is 5.25 Å². The molecule has 0 aromatic rings. The minimum atomic E-state index is 0.735. The van der Waals surface area contributed by atoms with Gasteiger partial charge in [0, 0.05) is 10.2 Å². The highest BCUT2D eigenvalue weighted by molar-refractivity contribution is 8.03. The second-order valence-electron chi connectivity index (χ2n) is 2.85. The molecule has 0 radical (unpaired) electrons. The van der Waals surface area contributed by atoms with Crippen molar-refractivity contribution in [1.29, 1.82) is 0 Å². The second-order valence-corrected chi connectivity index (χ2v) is 4.36. The summed E-state index contributed by atoms with van der Waals surface area (Å²) in [5, 5.41) is 0.735. The zero-order valence-electron chi connectivity index (χ0n) is 8.63. The van der Waals surface area contributed by atoms with Gasteiger partial charge in [-0.2, -0.15) is 0 Å². The Bertz CT molecular complexity index is 156. The van der Waals surface area contributed by atoms with Crippen LogP contribution in [0.5, 0.6) is 0 Å². The van der Waals surface area contributed by atoms with Crippen LogP contribution in [0.15, 0.2) is 23.1 Å². The summed E-state index contributed by atoms with van der Waals surface area (Å²) in [7, 11) is 0. The maximum absolute atomic E-state index is 2.29. The van der Waals surface area contributed by atoms with Crippen molar-refractivity contribution in [3.63, 3.8) is 0 Å². The summed E-state index contributed by atoms with van der Waals surface area (Å²) in [6, 6.07) is 0. The molecule has 0 fully saturated rings. The Kier molecular flexibility index (Phi) is 7.37. The molecule has 1 heteroatoms. The maximum Gasteiger partial charge on any atom is 0.00633 e. The molecule has 0 aliphatic heterocycles. The first kappa shape index (κ1) is 11.8. The van der Waals surface area contributed by atoms with Crippen LogP contribution in [0.4, 0.5) is 0 Å². The molecular formula is C11H20S. The number of rotatable bonds is 5. The molecule has 0 saturated carbocycles. The molecule has 0 amide bonds. The van der Waals surface area contributed by atoms with E-state index in [1.807, 2.05) is 11.8 Å². The van der Waals surface area contributed by atoms with Crippen LogP contribution in [0.2, 0.25) is 0 Å². The number of hydrogen-bond donors (Lipinski definition) is 0. The van der Waals surface area contributed by atoms with E-state index in [0.29, 0.717) is 0 Å². The smallest absolute Gasteiger partial charge is 0.00633 e. The van der Waals surface area contributed by atoms with Gasteiger partial charge >= 0.3 is 0 Å². The normalized spacial score (nSPS) is 15.5. The Morgan fingerprint density at radius 2 is 2.08 bits per heavy atom. The summed E-state index contributed by atoms with van der Waals surface area (Å²) in [6.45, 7) is 8.76. The van der Waals surface area contributed by atoms with Crippen LogP contribution >= 0.6 is 11.8 Å².